The summed E-state index contributed by atoms with van der Waals surface area (Å²) in [6.07, 6.45) is -3.84. The number of hydrogen-bond donors (Lipinski definition) is 1. The highest BCUT2D eigenvalue weighted by Gasteiger charge is 2.43. The van der Waals surface area contributed by atoms with E-state index >= 15 is 0 Å². The second-order valence-electron chi connectivity index (χ2n) is 8.54. The van der Waals surface area contributed by atoms with Crippen molar-refractivity contribution in [1.82, 2.24) is 15.0 Å². The number of rotatable bonds is 4. The predicted molar refractivity (Wildman–Crippen MR) is 123 cm³/mol. The van der Waals surface area contributed by atoms with E-state index in [4.69, 9.17) is 25.8 Å². The van der Waals surface area contributed by atoms with E-state index in [1.54, 1.807) is 36.4 Å². The van der Waals surface area contributed by atoms with Crippen molar-refractivity contribution < 1.29 is 27.4 Å². The Kier molecular flexibility index (Phi) is 5.43. The fourth-order valence-corrected chi connectivity index (χ4v) is 4.78. The number of pyridine rings is 1. The molecule has 1 unspecified atom stereocenters. The van der Waals surface area contributed by atoms with Crippen LogP contribution in [0.2, 0.25) is 5.02 Å². The van der Waals surface area contributed by atoms with Crippen LogP contribution >= 0.6 is 11.6 Å². The lowest BCUT2D eigenvalue weighted by atomic mass is 10.0. The van der Waals surface area contributed by atoms with Gasteiger partial charge in [-0.1, -0.05) is 48.0 Å². The molecule has 2 aromatic carbocycles. The van der Waals surface area contributed by atoms with Gasteiger partial charge in [0.05, 0.1) is 34.5 Å². The van der Waals surface area contributed by atoms with Crippen molar-refractivity contribution >= 4 is 22.8 Å². The van der Waals surface area contributed by atoms with E-state index in [1.165, 1.54) is 6.07 Å². The molecule has 2 fully saturated rings. The van der Waals surface area contributed by atoms with E-state index in [1.807, 2.05) is 0 Å². The molecule has 4 aromatic rings. The monoisotopic (exact) mass is 501 g/mol. The van der Waals surface area contributed by atoms with Gasteiger partial charge in [-0.2, -0.15) is 18.2 Å². The van der Waals surface area contributed by atoms with Crippen LogP contribution in [0, 0.1) is 0 Å². The first-order valence-corrected chi connectivity index (χ1v) is 11.5. The second-order valence-corrected chi connectivity index (χ2v) is 8.95. The molecule has 0 amide bonds. The summed E-state index contributed by atoms with van der Waals surface area (Å²) in [4.78, 5) is 12.1. The van der Waals surface area contributed by atoms with E-state index < -0.39 is 11.7 Å². The Balaban J connectivity index is 1.26. The van der Waals surface area contributed by atoms with Crippen molar-refractivity contribution in [2.45, 2.75) is 30.9 Å². The van der Waals surface area contributed by atoms with Gasteiger partial charge in [0, 0.05) is 12.2 Å². The zero-order valence-corrected chi connectivity index (χ0v) is 18.9. The summed E-state index contributed by atoms with van der Waals surface area (Å²) in [5.41, 5.74) is 2.71. The van der Waals surface area contributed by atoms with Crippen LogP contribution in [0.4, 0.5) is 13.2 Å². The molecule has 4 heterocycles. The maximum Gasteiger partial charge on any atom is 0.416 e. The van der Waals surface area contributed by atoms with E-state index in [-0.39, 0.29) is 18.3 Å². The largest absolute Gasteiger partial charge is 0.456 e. The first kappa shape index (κ1) is 22.3. The van der Waals surface area contributed by atoms with Crippen LogP contribution < -0.4 is 4.74 Å². The van der Waals surface area contributed by atoms with Crippen LogP contribution in [0.3, 0.4) is 0 Å². The zero-order valence-electron chi connectivity index (χ0n) is 18.2. The lowest BCUT2D eigenvalue weighted by Gasteiger charge is -2.15. The van der Waals surface area contributed by atoms with Gasteiger partial charge in [0.15, 0.2) is 11.8 Å². The van der Waals surface area contributed by atoms with Crippen LogP contribution in [0.25, 0.3) is 33.5 Å². The van der Waals surface area contributed by atoms with Gasteiger partial charge >= 0.3 is 6.18 Å². The van der Waals surface area contributed by atoms with Gasteiger partial charge in [-0.15, -0.1) is 0 Å². The molecule has 2 aliphatic rings. The highest BCUT2D eigenvalue weighted by molar-refractivity contribution is 6.33. The number of aromatic nitrogens is 3. The van der Waals surface area contributed by atoms with Gasteiger partial charge in [0.2, 0.25) is 0 Å². The maximum absolute atomic E-state index is 13.1. The lowest BCUT2D eigenvalue weighted by Crippen LogP contribution is -2.32. The number of benzene rings is 2. The summed E-state index contributed by atoms with van der Waals surface area (Å²) in [7, 11) is 0. The summed E-state index contributed by atoms with van der Waals surface area (Å²) < 4.78 is 56.6. The number of imidazole rings is 1. The maximum atomic E-state index is 13.1. The molecule has 0 spiro atoms. The summed E-state index contributed by atoms with van der Waals surface area (Å²) in [5.74, 6) is 0. The Hall–Kier alpha value is -3.14. The average molecular weight is 502 g/mol. The second kappa shape index (κ2) is 8.51. The average Bonchev–Trinajstić information content (AvgIpc) is 3.55. The normalized spacial score (nSPS) is 22.0. The lowest BCUT2D eigenvalue weighted by molar-refractivity contribution is -0.137. The van der Waals surface area contributed by atoms with Gasteiger partial charge in [-0.05, 0) is 35.7 Å². The minimum atomic E-state index is -4.40. The van der Waals surface area contributed by atoms with Crippen molar-refractivity contribution in [2.75, 3.05) is 13.2 Å². The first-order valence-electron chi connectivity index (χ1n) is 11.1. The number of H-pyrrole nitrogens is 1. The van der Waals surface area contributed by atoms with Crippen molar-refractivity contribution in [3.8, 4) is 28.4 Å². The number of nitrogens with zero attached hydrogens (tertiary/aromatic N) is 2. The van der Waals surface area contributed by atoms with Crippen molar-refractivity contribution in [3.63, 3.8) is 0 Å². The summed E-state index contributed by atoms with van der Waals surface area (Å²) >= 11 is 6.50. The topological polar surface area (TPSA) is 69.3 Å². The Morgan fingerprint density at radius 2 is 1.77 bits per heavy atom. The highest BCUT2D eigenvalue weighted by Crippen LogP contribution is 2.35. The van der Waals surface area contributed by atoms with E-state index in [0.717, 1.165) is 18.6 Å². The molecule has 6 nitrogen and oxygen atoms in total. The zero-order chi connectivity index (χ0) is 24.2. The molecular weight excluding hydrogens is 483 g/mol. The van der Waals surface area contributed by atoms with Gasteiger partial charge in [-0.3, -0.25) is 0 Å². The molecule has 0 radical (unpaired) electrons. The number of ether oxygens (including phenoxy) is 3. The van der Waals surface area contributed by atoms with Crippen LogP contribution in [0.5, 0.6) is 6.01 Å². The van der Waals surface area contributed by atoms with Gasteiger partial charge in [0.1, 0.15) is 6.10 Å². The molecular formula is C25H19ClF3N3O3. The van der Waals surface area contributed by atoms with E-state index in [9.17, 15) is 13.2 Å². The van der Waals surface area contributed by atoms with Crippen LogP contribution in [-0.2, 0) is 15.7 Å². The van der Waals surface area contributed by atoms with Crippen molar-refractivity contribution in [3.05, 3.63) is 65.2 Å². The number of aromatic amines is 1. The van der Waals surface area contributed by atoms with Gasteiger partial charge in [0.25, 0.3) is 6.01 Å². The number of fused-ring (bicyclic) bond motifs is 2. The Labute approximate surface area is 203 Å². The summed E-state index contributed by atoms with van der Waals surface area (Å²) in [6, 6.07) is 14.3. The number of halogens is 4. The Bertz CT molecular complexity index is 1390. The number of nitrogens with one attached hydrogen (secondary N) is 1. The molecule has 1 N–H and O–H groups in total. The molecule has 2 aliphatic heterocycles. The van der Waals surface area contributed by atoms with Gasteiger partial charge < -0.3 is 19.2 Å². The summed E-state index contributed by atoms with van der Waals surface area (Å²) in [5, 5.41) is 0.405. The van der Waals surface area contributed by atoms with Crippen LogP contribution in [0.15, 0.2) is 54.6 Å². The third-order valence-corrected chi connectivity index (χ3v) is 6.56. The smallest absolute Gasteiger partial charge is 0.416 e. The first-order chi connectivity index (χ1) is 16.8. The van der Waals surface area contributed by atoms with Crippen LogP contribution in [0.1, 0.15) is 12.0 Å². The Morgan fingerprint density at radius 3 is 2.57 bits per heavy atom. The van der Waals surface area contributed by atoms with Gasteiger partial charge in [-0.25, -0.2) is 4.98 Å². The quantitative estimate of drug-likeness (QED) is 0.377. The summed E-state index contributed by atoms with van der Waals surface area (Å²) in [6.45, 7) is 1.09. The third kappa shape index (κ3) is 4.24. The fraction of sp³-hybridized carbons (Fsp3) is 0.280. The molecule has 180 valence electrons. The molecule has 0 bridgehead atoms. The fourth-order valence-electron chi connectivity index (χ4n) is 4.52. The Morgan fingerprint density at radius 1 is 0.971 bits per heavy atom. The minimum absolute atomic E-state index is 0.0578. The molecule has 2 saturated heterocycles. The third-order valence-electron chi connectivity index (χ3n) is 6.27. The predicted octanol–water partition coefficient (Wildman–Crippen LogP) is 5.90. The standard InChI is InChI=1S/C25H19ClF3N3O3/c26-17-11-18-23(32-24(30-18)35-20-12-34-19-8-9-33-22(19)20)31-21(17)14-6-4-13(5-7-14)15-2-1-3-16(10-15)25(27,28)29/h1-7,10-11,19-20,22H,8-9,12H2,(H,30,31,32)/t19-,20?,22+/m1/s1. The molecule has 0 aliphatic carbocycles. The molecule has 35 heavy (non-hydrogen) atoms. The van der Waals surface area contributed by atoms with Crippen molar-refractivity contribution in [2.24, 2.45) is 0 Å². The molecule has 2 aromatic heterocycles. The molecule has 6 rings (SSSR count). The SMILES string of the molecule is FC(F)(F)c1cccc(-c2ccc(-c3nc4nc(OC5CO[C@@H]6CCO[C@H]56)[nH]c4cc3Cl)cc2)c1. The highest BCUT2D eigenvalue weighted by atomic mass is 35.5. The van der Waals surface area contributed by atoms with Crippen LogP contribution in [-0.4, -0.2) is 46.5 Å². The van der Waals surface area contributed by atoms with E-state index in [2.05, 4.69) is 15.0 Å². The molecule has 0 saturated carbocycles. The molecule has 3 atom stereocenters. The number of alkyl halides is 3. The minimum Gasteiger partial charge on any atom is -0.456 e. The van der Waals surface area contributed by atoms with Crippen molar-refractivity contribution in [1.29, 1.82) is 0 Å². The number of hydrogen-bond acceptors (Lipinski definition) is 5. The molecule has 10 heteroatoms. The van der Waals surface area contributed by atoms with E-state index in [0.29, 0.717) is 57.8 Å².